The molecule has 5 nitrogen and oxygen atoms in total. The molecule has 2 N–H and O–H groups in total. The zero-order valence-corrected chi connectivity index (χ0v) is 13.4. The molecule has 0 atom stereocenters. The van der Waals surface area contributed by atoms with Crippen molar-refractivity contribution in [2.24, 2.45) is 0 Å². The number of rotatable bonds is 4. The van der Waals surface area contributed by atoms with Gasteiger partial charge in [0.15, 0.2) is 0 Å². The van der Waals surface area contributed by atoms with Crippen LogP contribution >= 0.6 is 0 Å². The summed E-state index contributed by atoms with van der Waals surface area (Å²) < 4.78 is 5.32. The van der Waals surface area contributed by atoms with Gasteiger partial charge in [-0.2, -0.15) is 0 Å². The van der Waals surface area contributed by atoms with Gasteiger partial charge in [-0.05, 0) is 42.5 Å². The molecule has 0 fully saturated rings. The van der Waals surface area contributed by atoms with Crippen molar-refractivity contribution in [1.82, 2.24) is 4.98 Å². The number of amides is 1. The van der Waals surface area contributed by atoms with Crippen LogP contribution in [-0.2, 0) is 0 Å². The molecule has 0 aliphatic rings. The van der Waals surface area contributed by atoms with Crippen molar-refractivity contribution in [3.05, 3.63) is 54.2 Å². The van der Waals surface area contributed by atoms with E-state index < -0.39 is 0 Å². The summed E-state index contributed by atoms with van der Waals surface area (Å²) >= 11 is 0. The Hall–Kier alpha value is -2.95. The third kappa shape index (κ3) is 2.99. The van der Waals surface area contributed by atoms with E-state index >= 15 is 0 Å². The SMILES string of the molecule is COc1cccc2[nH]c(C(=O)Nc3ccc(N(C)C)cc3)cc12. The average molecular weight is 309 g/mol. The zero-order valence-electron chi connectivity index (χ0n) is 13.4. The number of hydrogen-bond acceptors (Lipinski definition) is 3. The van der Waals surface area contributed by atoms with Gasteiger partial charge in [-0.3, -0.25) is 4.79 Å². The fourth-order valence-electron chi connectivity index (χ4n) is 2.47. The lowest BCUT2D eigenvalue weighted by atomic mass is 10.2. The van der Waals surface area contributed by atoms with Crippen molar-refractivity contribution in [2.75, 3.05) is 31.4 Å². The second-order valence-corrected chi connectivity index (χ2v) is 5.50. The number of aromatic nitrogens is 1. The number of fused-ring (bicyclic) bond motifs is 1. The molecular weight excluding hydrogens is 290 g/mol. The quantitative estimate of drug-likeness (QED) is 0.775. The predicted octanol–water partition coefficient (Wildman–Crippen LogP) is 3.49. The number of carbonyl (C=O) groups excluding carboxylic acids is 1. The van der Waals surface area contributed by atoms with Gasteiger partial charge in [0.2, 0.25) is 0 Å². The number of benzene rings is 2. The topological polar surface area (TPSA) is 57.4 Å². The monoisotopic (exact) mass is 309 g/mol. The van der Waals surface area contributed by atoms with Crippen LogP contribution in [0.15, 0.2) is 48.5 Å². The van der Waals surface area contributed by atoms with E-state index in [0.717, 1.165) is 28.0 Å². The lowest BCUT2D eigenvalue weighted by molar-refractivity contribution is 0.102. The zero-order chi connectivity index (χ0) is 16.4. The summed E-state index contributed by atoms with van der Waals surface area (Å²) in [7, 11) is 5.57. The molecule has 0 spiro atoms. The molecule has 0 bridgehead atoms. The molecule has 0 saturated carbocycles. The Bertz CT molecular complexity index is 835. The Morgan fingerprint density at radius 3 is 2.52 bits per heavy atom. The molecule has 1 heterocycles. The van der Waals surface area contributed by atoms with Crippen LogP contribution in [0.3, 0.4) is 0 Å². The summed E-state index contributed by atoms with van der Waals surface area (Å²) in [6.45, 7) is 0. The first-order valence-corrected chi connectivity index (χ1v) is 7.33. The fourth-order valence-corrected chi connectivity index (χ4v) is 2.47. The highest BCUT2D eigenvalue weighted by atomic mass is 16.5. The Balaban J connectivity index is 1.83. The van der Waals surface area contributed by atoms with Gasteiger partial charge >= 0.3 is 0 Å². The van der Waals surface area contributed by atoms with Crippen molar-refractivity contribution in [3.63, 3.8) is 0 Å². The first-order valence-electron chi connectivity index (χ1n) is 7.33. The summed E-state index contributed by atoms with van der Waals surface area (Å²) in [4.78, 5) is 17.5. The van der Waals surface area contributed by atoms with E-state index in [2.05, 4.69) is 10.3 Å². The standard InChI is InChI=1S/C18H19N3O2/c1-21(2)13-9-7-12(8-10-13)19-18(22)16-11-14-15(20-16)5-4-6-17(14)23-3/h4-11,20H,1-3H3,(H,19,22). The number of nitrogens with one attached hydrogen (secondary N) is 2. The van der Waals surface area contributed by atoms with Crippen molar-refractivity contribution in [3.8, 4) is 5.75 Å². The molecule has 23 heavy (non-hydrogen) atoms. The number of aromatic amines is 1. The highest BCUT2D eigenvalue weighted by molar-refractivity contribution is 6.06. The van der Waals surface area contributed by atoms with Gasteiger partial charge in [0, 0.05) is 36.4 Å². The number of carbonyl (C=O) groups is 1. The van der Waals surface area contributed by atoms with Crippen LogP contribution in [0, 0.1) is 0 Å². The highest BCUT2D eigenvalue weighted by Gasteiger charge is 2.12. The van der Waals surface area contributed by atoms with Crippen LogP contribution in [0.4, 0.5) is 11.4 Å². The third-order valence-corrected chi connectivity index (χ3v) is 3.73. The summed E-state index contributed by atoms with van der Waals surface area (Å²) in [5.41, 5.74) is 3.21. The van der Waals surface area contributed by atoms with E-state index in [1.807, 2.05) is 61.5 Å². The van der Waals surface area contributed by atoms with Gasteiger partial charge in [0.25, 0.3) is 5.91 Å². The molecule has 2 aromatic carbocycles. The normalized spacial score (nSPS) is 10.6. The summed E-state index contributed by atoms with van der Waals surface area (Å²) in [5, 5.41) is 3.79. The maximum atomic E-state index is 12.4. The summed E-state index contributed by atoms with van der Waals surface area (Å²) in [6, 6.07) is 15.2. The lowest BCUT2D eigenvalue weighted by Crippen LogP contribution is -2.13. The number of H-pyrrole nitrogens is 1. The number of hydrogen-bond donors (Lipinski definition) is 2. The minimum atomic E-state index is -0.180. The first-order chi connectivity index (χ1) is 11.1. The van der Waals surface area contributed by atoms with Gasteiger partial charge in [0.1, 0.15) is 11.4 Å². The van der Waals surface area contributed by atoms with Crippen molar-refractivity contribution >= 4 is 28.2 Å². The Labute approximate surface area is 134 Å². The third-order valence-electron chi connectivity index (χ3n) is 3.73. The maximum Gasteiger partial charge on any atom is 0.272 e. The molecule has 0 saturated heterocycles. The minimum absolute atomic E-state index is 0.180. The molecule has 0 radical (unpaired) electrons. The number of methoxy groups -OCH3 is 1. The largest absolute Gasteiger partial charge is 0.496 e. The van der Waals surface area contributed by atoms with E-state index in [-0.39, 0.29) is 5.91 Å². The molecule has 118 valence electrons. The fraction of sp³-hybridized carbons (Fsp3) is 0.167. The van der Waals surface area contributed by atoms with Gasteiger partial charge < -0.3 is 19.9 Å². The first kappa shape index (κ1) is 15.0. The van der Waals surface area contributed by atoms with Gasteiger partial charge in [-0.15, -0.1) is 0 Å². The van der Waals surface area contributed by atoms with E-state index in [4.69, 9.17) is 4.74 Å². The van der Waals surface area contributed by atoms with E-state index in [0.29, 0.717) is 5.69 Å². The number of nitrogens with zero attached hydrogens (tertiary/aromatic N) is 1. The van der Waals surface area contributed by atoms with Crippen LogP contribution in [0.25, 0.3) is 10.9 Å². The van der Waals surface area contributed by atoms with Crippen molar-refractivity contribution in [1.29, 1.82) is 0 Å². The highest BCUT2D eigenvalue weighted by Crippen LogP contribution is 2.26. The molecule has 1 aromatic heterocycles. The molecule has 0 unspecified atom stereocenters. The van der Waals surface area contributed by atoms with Crippen LogP contribution in [0.5, 0.6) is 5.75 Å². The molecule has 0 aliphatic carbocycles. The van der Waals surface area contributed by atoms with E-state index in [1.165, 1.54) is 0 Å². The smallest absolute Gasteiger partial charge is 0.272 e. The molecule has 0 aliphatic heterocycles. The average Bonchev–Trinajstić information content (AvgIpc) is 2.99. The van der Waals surface area contributed by atoms with Gasteiger partial charge in [0.05, 0.1) is 7.11 Å². The Kier molecular flexibility index (Phi) is 3.93. The molecule has 5 heteroatoms. The molecule has 1 amide bonds. The van der Waals surface area contributed by atoms with Gasteiger partial charge in [-0.25, -0.2) is 0 Å². The molecular formula is C18H19N3O2. The number of anilines is 2. The summed E-state index contributed by atoms with van der Waals surface area (Å²) in [5.74, 6) is 0.564. The van der Waals surface area contributed by atoms with Crippen LogP contribution in [0.2, 0.25) is 0 Å². The summed E-state index contributed by atoms with van der Waals surface area (Å²) in [6.07, 6.45) is 0. The predicted molar refractivity (Wildman–Crippen MR) is 93.6 cm³/mol. The van der Waals surface area contributed by atoms with Crippen LogP contribution in [-0.4, -0.2) is 32.1 Å². The lowest BCUT2D eigenvalue weighted by Gasteiger charge is -2.12. The molecule has 3 aromatic rings. The Morgan fingerprint density at radius 2 is 1.87 bits per heavy atom. The minimum Gasteiger partial charge on any atom is -0.496 e. The maximum absolute atomic E-state index is 12.4. The second kappa shape index (κ2) is 6.04. The van der Waals surface area contributed by atoms with Crippen molar-refractivity contribution < 1.29 is 9.53 Å². The van der Waals surface area contributed by atoms with Crippen LogP contribution < -0.4 is 15.0 Å². The second-order valence-electron chi connectivity index (χ2n) is 5.50. The van der Waals surface area contributed by atoms with Gasteiger partial charge in [-0.1, -0.05) is 6.07 Å². The van der Waals surface area contributed by atoms with Crippen LogP contribution in [0.1, 0.15) is 10.5 Å². The Morgan fingerprint density at radius 1 is 1.13 bits per heavy atom. The van der Waals surface area contributed by atoms with E-state index in [1.54, 1.807) is 13.2 Å². The van der Waals surface area contributed by atoms with Crippen molar-refractivity contribution in [2.45, 2.75) is 0 Å². The number of ether oxygens (including phenoxy) is 1. The molecule has 3 rings (SSSR count). The van der Waals surface area contributed by atoms with E-state index in [9.17, 15) is 4.79 Å².